The molecule has 6 heteroatoms. The van der Waals surface area contributed by atoms with Crippen LogP contribution in [0.2, 0.25) is 0 Å². The summed E-state index contributed by atoms with van der Waals surface area (Å²) in [5, 5.41) is 6.17. The van der Waals surface area contributed by atoms with E-state index in [2.05, 4.69) is 10.2 Å². The van der Waals surface area contributed by atoms with Crippen molar-refractivity contribution in [2.24, 2.45) is 5.73 Å². The highest BCUT2D eigenvalue weighted by Crippen LogP contribution is 2.26. The molecule has 0 unspecified atom stereocenters. The van der Waals surface area contributed by atoms with Crippen LogP contribution in [0, 0.1) is 17.5 Å². The fourth-order valence-corrected chi connectivity index (χ4v) is 1.36. The third-order valence-corrected chi connectivity index (χ3v) is 2.15. The summed E-state index contributed by atoms with van der Waals surface area (Å²) in [4.78, 5) is 0. The van der Waals surface area contributed by atoms with Crippen LogP contribution in [0.1, 0.15) is 5.69 Å². The average Bonchev–Trinajstić information content (AvgIpc) is 2.73. The predicted octanol–water partition coefficient (Wildman–Crippen LogP) is 1.95. The zero-order valence-corrected chi connectivity index (χ0v) is 8.10. The molecular formula is C10H8F3N3. The summed E-state index contributed by atoms with van der Waals surface area (Å²) < 4.78 is 39.6. The monoisotopic (exact) mass is 227 g/mol. The third kappa shape index (κ3) is 1.67. The molecule has 1 aromatic carbocycles. The molecule has 1 heterocycles. The van der Waals surface area contributed by atoms with Crippen LogP contribution < -0.4 is 5.73 Å². The van der Waals surface area contributed by atoms with Gasteiger partial charge in [-0.25, -0.2) is 13.2 Å². The van der Waals surface area contributed by atoms with Gasteiger partial charge in [0.05, 0.1) is 11.3 Å². The van der Waals surface area contributed by atoms with Gasteiger partial charge in [-0.15, -0.1) is 0 Å². The smallest absolute Gasteiger partial charge is 0.171 e. The molecule has 0 atom stereocenters. The van der Waals surface area contributed by atoms with Gasteiger partial charge >= 0.3 is 0 Å². The summed E-state index contributed by atoms with van der Waals surface area (Å²) >= 11 is 0. The lowest BCUT2D eigenvalue weighted by Gasteiger charge is -2.01. The molecule has 2 rings (SSSR count). The van der Waals surface area contributed by atoms with Crippen molar-refractivity contribution in [3.8, 4) is 11.3 Å². The second kappa shape index (κ2) is 3.97. The summed E-state index contributed by atoms with van der Waals surface area (Å²) in [5.74, 6) is -3.24. The molecule has 0 bridgehead atoms. The Morgan fingerprint density at radius 3 is 2.50 bits per heavy atom. The second-order valence-corrected chi connectivity index (χ2v) is 3.20. The molecule has 3 N–H and O–H groups in total. The van der Waals surface area contributed by atoms with Gasteiger partial charge in [0.1, 0.15) is 5.82 Å². The third-order valence-electron chi connectivity index (χ3n) is 2.15. The van der Waals surface area contributed by atoms with E-state index in [4.69, 9.17) is 5.73 Å². The van der Waals surface area contributed by atoms with E-state index in [0.29, 0.717) is 5.69 Å². The largest absolute Gasteiger partial charge is 0.325 e. The van der Waals surface area contributed by atoms with Gasteiger partial charge in [0.15, 0.2) is 11.6 Å². The summed E-state index contributed by atoms with van der Waals surface area (Å²) in [6.45, 7) is 0.158. The van der Waals surface area contributed by atoms with Crippen LogP contribution in [0.25, 0.3) is 11.3 Å². The van der Waals surface area contributed by atoms with E-state index >= 15 is 0 Å². The number of nitrogens with one attached hydrogen (secondary N) is 1. The van der Waals surface area contributed by atoms with E-state index in [1.165, 1.54) is 6.07 Å². The SMILES string of the molecule is NCc1cc(-c2c(F)ccc(F)c2F)n[nH]1. The fourth-order valence-electron chi connectivity index (χ4n) is 1.36. The Kier molecular flexibility index (Phi) is 2.66. The lowest BCUT2D eigenvalue weighted by atomic mass is 10.1. The van der Waals surface area contributed by atoms with Gasteiger partial charge in [-0.3, -0.25) is 5.10 Å². The molecule has 0 saturated carbocycles. The first kappa shape index (κ1) is 10.7. The standard InChI is InChI=1S/C10H8F3N3/c11-6-1-2-7(12)10(13)9(6)8-3-5(4-14)15-16-8/h1-3H,4,14H2,(H,15,16). The maximum Gasteiger partial charge on any atom is 0.171 e. The maximum atomic E-state index is 13.4. The van der Waals surface area contributed by atoms with Crippen molar-refractivity contribution < 1.29 is 13.2 Å². The van der Waals surface area contributed by atoms with Gasteiger partial charge in [-0.05, 0) is 18.2 Å². The van der Waals surface area contributed by atoms with E-state index in [-0.39, 0.29) is 12.2 Å². The molecule has 0 aliphatic carbocycles. The number of hydrogen-bond acceptors (Lipinski definition) is 2. The minimum absolute atomic E-state index is 0.00468. The normalized spacial score (nSPS) is 10.8. The minimum atomic E-state index is -1.25. The maximum absolute atomic E-state index is 13.4. The van der Waals surface area contributed by atoms with Gasteiger partial charge in [-0.2, -0.15) is 5.10 Å². The van der Waals surface area contributed by atoms with Gasteiger partial charge < -0.3 is 5.73 Å². The molecule has 0 saturated heterocycles. The molecule has 0 radical (unpaired) electrons. The topological polar surface area (TPSA) is 54.7 Å². The van der Waals surface area contributed by atoms with E-state index in [1.54, 1.807) is 0 Å². The molecule has 84 valence electrons. The number of H-pyrrole nitrogens is 1. The number of aromatic amines is 1. The molecule has 3 nitrogen and oxygen atoms in total. The summed E-state index contributed by atoms with van der Waals surface area (Å²) in [5.41, 5.74) is 5.33. The first-order valence-corrected chi connectivity index (χ1v) is 4.51. The van der Waals surface area contributed by atoms with E-state index in [0.717, 1.165) is 12.1 Å². The van der Waals surface area contributed by atoms with Crippen molar-refractivity contribution >= 4 is 0 Å². The number of hydrogen-bond donors (Lipinski definition) is 2. The van der Waals surface area contributed by atoms with Crippen molar-refractivity contribution in [2.75, 3.05) is 0 Å². The first-order valence-electron chi connectivity index (χ1n) is 4.51. The van der Waals surface area contributed by atoms with Crippen LogP contribution in [0.4, 0.5) is 13.2 Å². The summed E-state index contributed by atoms with van der Waals surface area (Å²) in [6.07, 6.45) is 0. The van der Waals surface area contributed by atoms with Crippen LogP contribution in [-0.2, 0) is 6.54 Å². The van der Waals surface area contributed by atoms with Crippen molar-refractivity contribution in [2.45, 2.75) is 6.54 Å². The van der Waals surface area contributed by atoms with E-state index in [9.17, 15) is 13.2 Å². The quantitative estimate of drug-likeness (QED) is 0.770. The molecule has 0 spiro atoms. The highest BCUT2D eigenvalue weighted by atomic mass is 19.2. The number of nitrogens with zero attached hydrogens (tertiary/aromatic N) is 1. The van der Waals surface area contributed by atoms with Crippen LogP contribution in [0.15, 0.2) is 18.2 Å². The van der Waals surface area contributed by atoms with Gasteiger partial charge in [0.25, 0.3) is 0 Å². The Hall–Kier alpha value is -1.82. The van der Waals surface area contributed by atoms with E-state index in [1.807, 2.05) is 0 Å². The van der Waals surface area contributed by atoms with Gasteiger partial charge in [0.2, 0.25) is 0 Å². The Bertz CT molecular complexity index is 522. The minimum Gasteiger partial charge on any atom is -0.325 e. The van der Waals surface area contributed by atoms with Crippen LogP contribution >= 0.6 is 0 Å². The molecular weight excluding hydrogens is 219 g/mol. The zero-order valence-electron chi connectivity index (χ0n) is 8.10. The fraction of sp³-hybridized carbons (Fsp3) is 0.100. The Balaban J connectivity index is 2.58. The Morgan fingerprint density at radius 1 is 1.19 bits per heavy atom. The molecule has 0 fully saturated rings. The van der Waals surface area contributed by atoms with Gasteiger partial charge in [-0.1, -0.05) is 0 Å². The molecule has 2 aromatic rings. The Labute approximate surface area is 89.1 Å². The predicted molar refractivity (Wildman–Crippen MR) is 51.8 cm³/mol. The molecule has 0 amide bonds. The van der Waals surface area contributed by atoms with Crippen LogP contribution in [0.3, 0.4) is 0 Å². The summed E-state index contributed by atoms with van der Waals surface area (Å²) in [7, 11) is 0. The second-order valence-electron chi connectivity index (χ2n) is 3.20. The van der Waals surface area contributed by atoms with E-state index < -0.39 is 23.0 Å². The van der Waals surface area contributed by atoms with Crippen molar-refractivity contribution in [3.63, 3.8) is 0 Å². The first-order chi connectivity index (χ1) is 7.63. The van der Waals surface area contributed by atoms with Gasteiger partial charge in [0, 0.05) is 12.2 Å². The molecule has 0 aliphatic heterocycles. The lowest BCUT2D eigenvalue weighted by Crippen LogP contribution is -1.95. The number of rotatable bonds is 2. The lowest BCUT2D eigenvalue weighted by molar-refractivity contribution is 0.498. The molecule has 16 heavy (non-hydrogen) atoms. The number of halogens is 3. The average molecular weight is 227 g/mol. The summed E-state index contributed by atoms with van der Waals surface area (Å²) in [6, 6.07) is 2.95. The van der Waals surface area contributed by atoms with Crippen LogP contribution in [0.5, 0.6) is 0 Å². The van der Waals surface area contributed by atoms with Crippen LogP contribution in [-0.4, -0.2) is 10.2 Å². The Morgan fingerprint density at radius 2 is 1.88 bits per heavy atom. The zero-order chi connectivity index (χ0) is 11.7. The number of aromatic nitrogens is 2. The number of nitrogens with two attached hydrogens (primary N) is 1. The highest BCUT2D eigenvalue weighted by molar-refractivity contribution is 5.61. The van der Waals surface area contributed by atoms with Crippen molar-refractivity contribution in [1.29, 1.82) is 0 Å². The number of benzene rings is 1. The van der Waals surface area contributed by atoms with Crippen molar-refractivity contribution in [1.82, 2.24) is 10.2 Å². The highest BCUT2D eigenvalue weighted by Gasteiger charge is 2.17. The van der Waals surface area contributed by atoms with Crippen molar-refractivity contribution in [3.05, 3.63) is 41.3 Å². The molecule has 0 aliphatic rings. The molecule has 1 aromatic heterocycles.